The molecule has 0 saturated heterocycles. The van der Waals surface area contributed by atoms with Crippen LogP contribution in [0, 0.1) is 6.92 Å². The molecule has 0 spiro atoms. The molecule has 0 unspecified atom stereocenters. The first-order valence-corrected chi connectivity index (χ1v) is 5.76. The summed E-state index contributed by atoms with van der Waals surface area (Å²) in [5.41, 5.74) is 1.16. The highest BCUT2D eigenvalue weighted by Crippen LogP contribution is 2.31. The molecule has 1 heterocycles. The molecule has 2 aromatic rings. The molecule has 9 heteroatoms. The van der Waals surface area contributed by atoms with Crippen molar-refractivity contribution in [1.82, 2.24) is 15.2 Å². The number of H-pyrrole nitrogens is 1. The summed E-state index contributed by atoms with van der Waals surface area (Å²) in [7, 11) is 0. The molecule has 21 heavy (non-hydrogen) atoms. The average Bonchev–Trinajstić information content (AvgIpc) is 2.42. The van der Waals surface area contributed by atoms with Crippen molar-refractivity contribution in [1.29, 1.82) is 0 Å². The van der Waals surface area contributed by atoms with Crippen LogP contribution in [0.3, 0.4) is 0 Å². The van der Waals surface area contributed by atoms with Crippen LogP contribution in [-0.4, -0.2) is 21.4 Å². The second kappa shape index (κ2) is 5.73. The molecule has 110 valence electrons. The van der Waals surface area contributed by atoms with Gasteiger partial charge in [0.1, 0.15) is 5.69 Å². The highest BCUT2D eigenvalue weighted by atomic mass is 19.4. The second-order valence-corrected chi connectivity index (χ2v) is 4.03. The van der Waals surface area contributed by atoms with E-state index < -0.39 is 17.4 Å². The molecular weight excluding hydrogens is 287 g/mol. The number of aromatic nitrogens is 3. The Morgan fingerprint density at radius 3 is 2.76 bits per heavy atom. The molecule has 0 aliphatic carbocycles. The third-order valence-electron chi connectivity index (χ3n) is 2.52. The molecule has 6 nitrogen and oxygen atoms in total. The van der Waals surface area contributed by atoms with Gasteiger partial charge in [-0.3, -0.25) is 5.43 Å². The van der Waals surface area contributed by atoms with Gasteiger partial charge in [0, 0.05) is 5.56 Å². The van der Waals surface area contributed by atoms with Crippen LogP contribution >= 0.6 is 0 Å². The lowest BCUT2D eigenvalue weighted by Crippen LogP contribution is -2.15. The number of aromatic amines is 1. The van der Waals surface area contributed by atoms with E-state index >= 15 is 0 Å². The van der Waals surface area contributed by atoms with Gasteiger partial charge in [-0.1, -0.05) is 18.2 Å². The molecule has 0 bridgehead atoms. The van der Waals surface area contributed by atoms with E-state index in [4.69, 9.17) is 0 Å². The van der Waals surface area contributed by atoms with E-state index in [2.05, 4.69) is 25.7 Å². The van der Waals surface area contributed by atoms with Crippen molar-refractivity contribution in [2.45, 2.75) is 13.1 Å². The van der Waals surface area contributed by atoms with Crippen LogP contribution in [0.25, 0.3) is 0 Å². The largest absolute Gasteiger partial charge is 0.417 e. The summed E-state index contributed by atoms with van der Waals surface area (Å²) in [6.07, 6.45) is -3.46. The van der Waals surface area contributed by atoms with E-state index in [0.29, 0.717) is 5.69 Å². The molecule has 1 aromatic heterocycles. The predicted octanol–water partition coefficient (Wildman–Crippen LogP) is 1.94. The van der Waals surface area contributed by atoms with E-state index in [0.717, 1.165) is 12.3 Å². The Balaban J connectivity index is 2.23. The number of benzene rings is 1. The normalized spacial score (nSPS) is 11.8. The van der Waals surface area contributed by atoms with Crippen molar-refractivity contribution in [3.63, 3.8) is 0 Å². The number of alkyl halides is 3. The maximum atomic E-state index is 12.8. The van der Waals surface area contributed by atoms with Crippen LogP contribution < -0.4 is 11.1 Å². The minimum atomic E-state index is -4.47. The van der Waals surface area contributed by atoms with Crippen molar-refractivity contribution in [3.8, 4) is 0 Å². The third kappa shape index (κ3) is 3.65. The van der Waals surface area contributed by atoms with E-state index in [1.165, 1.54) is 18.2 Å². The number of rotatable bonds is 3. The maximum Gasteiger partial charge on any atom is 0.417 e. The number of hydrogen-bond donors (Lipinski definition) is 2. The van der Waals surface area contributed by atoms with Crippen molar-refractivity contribution in [2.24, 2.45) is 5.10 Å². The van der Waals surface area contributed by atoms with Crippen molar-refractivity contribution < 1.29 is 13.2 Å². The van der Waals surface area contributed by atoms with Gasteiger partial charge in [0.05, 0.1) is 11.8 Å². The molecular formula is C12H10F3N5O. The summed E-state index contributed by atoms with van der Waals surface area (Å²) in [6.45, 7) is 1.56. The zero-order valence-electron chi connectivity index (χ0n) is 10.8. The lowest BCUT2D eigenvalue weighted by atomic mass is 10.1. The molecule has 0 aliphatic heterocycles. The molecule has 1 aromatic carbocycles. The number of hydrogen-bond acceptors (Lipinski definition) is 5. The lowest BCUT2D eigenvalue weighted by molar-refractivity contribution is -0.137. The van der Waals surface area contributed by atoms with Crippen LogP contribution in [0.5, 0.6) is 0 Å². The topological polar surface area (TPSA) is 83.0 Å². The number of hydrazone groups is 1. The molecule has 0 radical (unpaired) electrons. The van der Waals surface area contributed by atoms with Gasteiger partial charge in [-0.2, -0.15) is 28.4 Å². The van der Waals surface area contributed by atoms with E-state index in [1.54, 1.807) is 6.92 Å². The Kier molecular flexibility index (Phi) is 4.01. The number of nitrogens with one attached hydrogen (secondary N) is 2. The smallest absolute Gasteiger partial charge is 0.260 e. The minimum Gasteiger partial charge on any atom is -0.260 e. The van der Waals surface area contributed by atoms with Gasteiger partial charge in [-0.05, 0) is 13.0 Å². The van der Waals surface area contributed by atoms with Crippen LogP contribution in [0.4, 0.5) is 19.0 Å². The SMILES string of the molecule is Cc1n[nH]c(=O)nc1N/N=C/c1ccccc1C(F)(F)F. The number of aryl methyl sites for hydroxylation is 1. The second-order valence-electron chi connectivity index (χ2n) is 4.03. The first-order valence-electron chi connectivity index (χ1n) is 5.76. The van der Waals surface area contributed by atoms with Crippen LogP contribution in [0.2, 0.25) is 0 Å². The zero-order valence-corrected chi connectivity index (χ0v) is 10.8. The Hall–Kier alpha value is -2.71. The zero-order chi connectivity index (χ0) is 15.5. The van der Waals surface area contributed by atoms with E-state index in [9.17, 15) is 18.0 Å². The fourth-order valence-electron chi connectivity index (χ4n) is 1.53. The highest BCUT2D eigenvalue weighted by Gasteiger charge is 2.32. The Morgan fingerprint density at radius 1 is 1.33 bits per heavy atom. The van der Waals surface area contributed by atoms with Crippen LogP contribution in [0.15, 0.2) is 34.2 Å². The van der Waals surface area contributed by atoms with Gasteiger partial charge in [0.25, 0.3) is 0 Å². The average molecular weight is 297 g/mol. The summed E-state index contributed by atoms with van der Waals surface area (Å²) in [5, 5.41) is 9.42. The fourth-order valence-corrected chi connectivity index (χ4v) is 1.53. The minimum absolute atomic E-state index is 0.0690. The first kappa shape index (κ1) is 14.7. The molecule has 2 rings (SSSR count). The Bertz CT molecular complexity index is 723. The number of halogens is 3. The number of anilines is 1. The van der Waals surface area contributed by atoms with Crippen LogP contribution in [0.1, 0.15) is 16.8 Å². The predicted molar refractivity (Wildman–Crippen MR) is 70.1 cm³/mol. The van der Waals surface area contributed by atoms with Gasteiger partial charge in [0.2, 0.25) is 0 Å². The van der Waals surface area contributed by atoms with Crippen molar-refractivity contribution in [2.75, 3.05) is 5.43 Å². The van der Waals surface area contributed by atoms with Crippen LogP contribution in [-0.2, 0) is 6.18 Å². The Labute approximate surface area is 116 Å². The van der Waals surface area contributed by atoms with Gasteiger partial charge in [-0.25, -0.2) is 9.89 Å². The summed E-state index contributed by atoms with van der Waals surface area (Å²) in [6, 6.07) is 5.00. The van der Waals surface area contributed by atoms with E-state index in [1.807, 2.05) is 0 Å². The van der Waals surface area contributed by atoms with Crippen molar-refractivity contribution in [3.05, 3.63) is 51.6 Å². The maximum absolute atomic E-state index is 12.8. The number of nitrogens with zero attached hydrogens (tertiary/aromatic N) is 3. The lowest BCUT2D eigenvalue weighted by Gasteiger charge is -2.09. The highest BCUT2D eigenvalue weighted by molar-refractivity contribution is 5.82. The Morgan fingerprint density at radius 2 is 2.05 bits per heavy atom. The van der Waals surface area contributed by atoms with Gasteiger partial charge in [-0.15, -0.1) is 0 Å². The van der Waals surface area contributed by atoms with Gasteiger partial charge in [0.15, 0.2) is 5.82 Å². The van der Waals surface area contributed by atoms with E-state index in [-0.39, 0.29) is 11.4 Å². The third-order valence-corrected chi connectivity index (χ3v) is 2.52. The summed E-state index contributed by atoms with van der Waals surface area (Å²) >= 11 is 0. The first-order chi connectivity index (χ1) is 9.88. The monoisotopic (exact) mass is 297 g/mol. The molecule has 0 saturated carbocycles. The van der Waals surface area contributed by atoms with Gasteiger partial charge < -0.3 is 0 Å². The summed E-state index contributed by atoms with van der Waals surface area (Å²) in [4.78, 5) is 14.5. The molecule has 2 N–H and O–H groups in total. The van der Waals surface area contributed by atoms with Gasteiger partial charge >= 0.3 is 11.9 Å². The summed E-state index contributed by atoms with van der Waals surface area (Å²) < 4.78 is 38.3. The fraction of sp³-hybridized carbons (Fsp3) is 0.167. The summed E-state index contributed by atoms with van der Waals surface area (Å²) in [5.74, 6) is 0.0690. The molecule has 0 atom stereocenters. The molecule has 0 amide bonds. The molecule has 0 aliphatic rings. The van der Waals surface area contributed by atoms with Crippen molar-refractivity contribution >= 4 is 12.0 Å². The quantitative estimate of drug-likeness (QED) is 0.670. The standard InChI is InChI=1S/C12H10F3N5O/c1-7-10(17-11(21)20-18-7)19-16-6-8-4-2-3-5-9(8)12(13,14)15/h2-6H,1H3,(H2,17,19,20,21)/b16-6+. The molecule has 0 fully saturated rings.